The third kappa shape index (κ3) is 4.09. The molecule has 1 amide bonds. The molecule has 4 bridgehead atoms. The maximum absolute atomic E-state index is 14.6. The van der Waals surface area contributed by atoms with E-state index in [1.54, 1.807) is 13.3 Å². The zero-order valence-corrected chi connectivity index (χ0v) is 23.5. The van der Waals surface area contributed by atoms with Gasteiger partial charge in [-0.1, -0.05) is 17.3 Å². The number of hydrogen-bond acceptors (Lipinski definition) is 7. The number of rotatable bonds is 8. The Bertz CT molecular complexity index is 1470. The number of benzene rings is 1. The molecule has 8 nitrogen and oxygen atoms in total. The molecule has 10 rings (SSSR count). The Kier molecular flexibility index (Phi) is 5.61. The molecule has 0 aliphatic heterocycles. The van der Waals surface area contributed by atoms with Crippen molar-refractivity contribution in [3.05, 3.63) is 48.2 Å². The van der Waals surface area contributed by atoms with Gasteiger partial charge in [0.05, 0.1) is 18.2 Å². The number of aromatic nitrogens is 4. The molecule has 1 unspecified atom stereocenters. The number of anilines is 1. The highest BCUT2D eigenvalue weighted by Gasteiger charge is 2.62. The van der Waals surface area contributed by atoms with Gasteiger partial charge in [0.25, 0.3) is 0 Å². The molecule has 9 heteroatoms. The van der Waals surface area contributed by atoms with Crippen LogP contribution >= 0.6 is 0 Å². The van der Waals surface area contributed by atoms with Crippen LogP contribution < -0.4 is 9.64 Å². The van der Waals surface area contributed by atoms with E-state index in [1.807, 2.05) is 35.2 Å². The lowest BCUT2D eigenvalue weighted by Gasteiger charge is -2.54. The Morgan fingerprint density at radius 1 is 1.07 bits per heavy atom. The molecule has 1 aromatic carbocycles. The van der Waals surface area contributed by atoms with Crippen molar-refractivity contribution in [3.8, 4) is 17.3 Å². The van der Waals surface area contributed by atoms with E-state index in [0.717, 1.165) is 80.0 Å². The number of hydrogen-bond donors (Lipinski definition) is 0. The van der Waals surface area contributed by atoms with E-state index >= 15 is 0 Å². The fraction of sp³-hybridized carbons (Fsp3) is 0.594. The minimum atomic E-state index is -0.862. The van der Waals surface area contributed by atoms with Gasteiger partial charge < -0.3 is 14.2 Å². The van der Waals surface area contributed by atoms with E-state index in [9.17, 15) is 9.18 Å². The average molecular weight is 558 g/mol. The number of alkyl halides is 1. The van der Waals surface area contributed by atoms with Crippen molar-refractivity contribution in [3.63, 3.8) is 0 Å². The van der Waals surface area contributed by atoms with Gasteiger partial charge in [-0.3, -0.25) is 4.79 Å². The molecular weight excluding hydrogens is 521 g/mol. The summed E-state index contributed by atoms with van der Waals surface area (Å²) in [6, 6.07) is 10.2. The summed E-state index contributed by atoms with van der Waals surface area (Å²) in [5, 5.41) is 4.31. The van der Waals surface area contributed by atoms with Gasteiger partial charge in [0.2, 0.25) is 11.8 Å². The van der Waals surface area contributed by atoms with Crippen LogP contribution in [0.25, 0.3) is 11.3 Å². The Morgan fingerprint density at radius 2 is 1.85 bits per heavy atom. The Balaban J connectivity index is 1.09. The van der Waals surface area contributed by atoms with E-state index in [1.165, 1.54) is 0 Å². The van der Waals surface area contributed by atoms with Crippen LogP contribution in [-0.2, 0) is 10.2 Å². The molecular formula is C32H36FN5O3. The van der Waals surface area contributed by atoms with Crippen molar-refractivity contribution in [2.75, 3.05) is 18.6 Å². The van der Waals surface area contributed by atoms with Crippen molar-refractivity contribution < 1.29 is 18.4 Å². The number of halogens is 1. The molecule has 0 saturated heterocycles. The second kappa shape index (κ2) is 9.07. The van der Waals surface area contributed by atoms with Crippen LogP contribution in [0.15, 0.2) is 41.1 Å². The lowest BCUT2D eigenvalue weighted by Crippen LogP contribution is -2.54. The molecule has 7 saturated carbocycles. The first-order valence-corrected chi connectivity index (χ1v) is 15.2. The first kappa shape index (κ1) is 25.4. The normalized spacial score (nSPS) is 33.4. The second-order valence-corrected chi connectivity index (χ2v) is 13.6. The largest absolute Gasteiger partial charge is 0.467 e. The predicted molar refractivity (Wildman–Crippen MR) is 149 cm³/mol. The molecule has 0 spiro atoms. The number of carbonyl (C=O) groups excluding carboxylic acids is 1. The lowest BCUT2D eigenvalue weighted by atomic mass is 9.53. The zero-order chi connectivity index (χ0) is 27.8. The topological polar surface area (TPSA) is 94.2 Å². The number of fused-ring (bicyclic) bond motifs is 4. The SMILES string of the molecule is COc1nccc(-c2cccc(N(CC34CCC(c5nc(C6CC6)no5)(CC3)CC4)C(=O)C34CC(F)C(C3)C4)c2)n1. The number of ether oxygens (including phenoxy) is 1. The monoisotopic (exact) mass is 557 g/mol. The summed E-state index contributed by atoms with van der Waals surface area (Å²) in [7, 11) is 1.55. The molecule has 7 aliphatic rings. The van der Waals surface area contributed by atoms with Crippen LogP contribution in [0.4, 0.5) is 10.1 Å². The summed E-state index contributed by atoms with van der Waals surface area (Å²) >= 11 is 0. The molecule has 214 valence electrons. The van der Waals surface area contributed by atoms with Gasteiger partial charge in [-0.15, -0.1) is 0 Å². The van der Waals surface area contributed by atoms with Crippen molar-refractivity contribution in [2.24, 2.45) is 16.7 Å². The number of methoxy groups -OCH3 is 1. The van der Waals surface area contributed by atoms with E-state index < -0.39 is 11.6 Å². The molecule has 7 aliphatic carbocycles. The Labute approximate surface area is 239 Å². The number of amides is 1. The van der Waals surface area contributed by atoms with Gasteiger partial charge in [-0.05, 0) is 100 Å². The standard InChI is InChI=1S/C32H36FN5O3/c1-40-29-34-14-7-25(35-29)21-3-2-4-23(15-21)38(28(39)32-16-22(17-32)24(33)18-32)19-30-8-11-31(12-9-30,13-10-30)27-36-26(37-41-27)20-5-6-20/h2-4,7,14-15,20,22,24H,5-6,8-13,16-19H2,1H3. The highest BCUT2D eigenvalue weighted by atomic mass is 19.1. The molecule has 41 heavy (non-hydrogen) atoms. The van der Waals surface area contributed by atoms with Gasteiger partial charge in [-0.2, -0.15) is 9.97 Å². The van der Waals surface area contributed by atoms with E-state index in [0.29, 0.717) is 37.7 Å². The van der Waals surface area contributed by atoms with Gasteiger partial charge in [0, 0.05) is 35.3 Å². The van der Waals surface area contributed by atoms with Crippen LogP contribution in [0.5, 0.6) is 6.01 Å². The van der Waals surface area contributed by atoms with Crippen molar-refractivity contribution in [1.29, 1.82) is 0 Å². The van der Waals surface area contributed by atoms with Gasteiger partial charge >= 0.3 is 6.01 Å². The third-order valence-electron chi connectivity index (χ3n) is 11.1. The summed E-state index contributed by atoms with van der Waals surface area (Å²) in [5.74, 6) is 2.33. The van der Waals surface area contributed by atoms with Crippen LogP contribution in [0.2, 0.25) is 0 Å². The summed E-state index contributed by atoms with van der Waals surface area (Å²) in [5.41, 5.74) is 1.92. The second-order valence-electron chi connectivity index (χ2n) is 13.6. The predicted octanol–water partition coefficient (Wildman–Crippen LogP) is 6.18. The highest BCUT2D eigenvalue weighted by molar-refractivity contribution is 5.99. The van der Waals surface area contributed by atoms with E-state index in [-0.39, 0.29) is 22.7 Å². The molecule has 3 aromatic rings. The Morgan fingerprint density at radius 3 is 2.54 bits per heavy atom. The van der Waals surface area contributed by atoms with Crippen molar-refractivity contribution >= 4 is 11.6 Å². The van der Waals surface area contributed by atoms with Gasteiger partial charge in [-0.25, -0.2) is 9.37 Å². The fourth-order valence-electron chi connectivity index (χ4n) is 8.28. The quantitative estimate of drug-likeness (QED) is 0.327. The van der Waals surface area contributed by atoms with Crippen LogP contribution in [-0.4, -0.2) is 45.8 Å². The first-order chi connectivity index (χ1) is 19.9. The average Bonchev–Trinajstić information content (AvgIpc) is 3.48. The molecule has 7 fully saturated rings. The minimum Gasteiger partial charge on any atom is -0.467 e. The molecule has 0 radical (unpaired) electrons. The number of nitrogens with zero attached hydrogens (tertiary/aromatic N) is 5. The smallest absolute Gasteiger partial charge is 0.316 e. The van der Waals surface area contributed by atoms with Gasteiger partial charge in [0.15, 0.2) is 5.82 Å². The van der Waals surface area contributed by atoms with Gasteiger partial charge in [0.1, 0.15) is 6.17 Å². The lowest BCUT2D eigenvalue weighted by molar-refractivity contribution is -0.132. The minimum absolute atomic E-state index is 0.0262. The summed E-state index contributed by atoms with van der Waals surface area (Å²) < 4.78 is 25.7. The number of carbonyl (C=O) groups is 1. The van der Waals surface area contributed by atoms with Crippen LogP contribution in [0.1, 0.15) is 88.3 Å². The summed E-state index contributed by atoms with van der Waals surface area (Å²) in [6.45, 7) is 0.652. The third-order valence-corrected chi connectivity index (χ3v) is 11.1. The summed E-state index contributed by atoms with van der Waals surface area (Å²) in [6.07, 6.45) is 10.9. The molecule has 2 heterocycles. The van der Waals surface area contributed by atoms with Crippen LogP contribution in [0, 0.1) is 16.7 Å². The molecule has 1 atom stereocenters. The maximum atomic E-state index is 14.6. The van der Waals surface area contributed by atoms with Crippen molar-refractivity contribution in [1.82, 2.24) is 20.1 Å². The van der Waals surface area contributed by atoms with Crippen LogP contribution in [0.3, 0.4) is 0 Å². The summed E-state index contributed by atoms with van der Waals surface area (Å²) in [4.78, 5) is 29.9. The van der Waals surface area contributed by atoms with Crippen molar-refractivity contribution in [2.45, 2.75) is 88.1 Å². The Hall–Kier alpha value is -3.36. The molecule has 0 N–H and O–H groups in total. The van der Waals surface area contributed by atoms with E-state index in [2.05, 4.69) is 15.1 Å². The first-order valence-electron chi connectivity index (χ1n) is 15.2. The highest BCUT2D eigenvalue weighted by Crippen LogP contribution is 2.62. The fourth-order valence-corrected chi connectivity index (χ4v) is 8.28. The maximum Gasteiger partial charge on any atom is 0.316 e. The van der Waals surface area contributed by atoms with E-state index in [4.69, 9.17) is 14.2 Å². The molecule has 2 aromatic heterocycles. The zero-order valence-electron chi connectivity index (χ0n) is 23.5.